The van der Waals surface area contributed by atoms with Crippen molar-refractivity contribution in [3.63, 3.8) is 0 Å². The van der Waals surface area contributed by atoms with Gasteiger partial charge in [0.25, 0.3) is 5.91 Å². The average Bonchev–Trinajstić information content (AvgIpc) is 2.77. The van der Waals surface area contributed by atoms with Crippen molar-refractivity contribution in [2.24, 2.45) is 0 Å². The number of nitrogens with zero attached hydrogens (tertiary/aromatic N) is 5. The minimum atomic E-state index is -0.132. The van der Waals surface area contributed by atoms with E-state index in [1.807, 2.05) is 0 Å². The van der Waals surface area contributed by atoms with Crippen LogP contribution in [0.1, 0.15) is 10.5 Å². The normalized spacial score (nSPS) is 10.3. The van der Waals surface area contributed by atoms with Gasteiger partial charge in [0, 0.05) is 26.5 Å². The van der Waals surface area contributed by atoms with E-state index < -0.39 is 0 Å². The molecular weight excluding hydrogens is 333 g/mol. The molecule has 0 N–H and O–H groups in total. The Morgan fingerprint density at radius 2 is 2.24 bits per heavy atom. The van der Waals surface area contributed by atoms with Crippen LogP contribution in [0.5, 0.6) is 0 Å². The minimum absolute atomic E-state index is 0.132. The third-order valence-electron chi connectivity index (χ3n) is 2.08. The standard InChI is InChI=1S/C10H10IN5O/c1-15(2)10(17)8-3-4-16(14-8)9-7(11)5-12-6-13-9/h3-6H,1-2H3. The molecule has 0 atom stereocenters. The Bertz CT molecular complexity index is 551. The molecule has 0 aromatic carbocycles. The predicted octanol–water partition coefficient (Wildman–Crippen LogP) is 0.969. The van der Waals surface area contributed by atoms with Crippen molar-refractivity contribution in [3.05, 3.63) is 34.1 Å². The number of aromatic nitrogens is 4. The van der Waals surface area contributed by atoms with Crippen molar-refractivity contribution in [1.82, 2.24) is 24.6 Å². The Balaban J connectivity index is 2.37. The van der Waals surface area contributed by atoms with Gasteiger partial charge in [-0.1, -0.05) is 0 Å². The van der Waals surface area contributed by atoms with Crippen LogP contribution in [0, 0.1) is 3.57 Å². The molecule has 0 radical (unpaired) electrons. The van der Waals surface area contributed by atoms with E-state index in [-0.39, 0.29) is 5.91 Å². The molecule has 6 nitrogen and oxygen atoms in total. The molecule has 2 heterocycles. The average molecular weight is 343 g/mol. The molecule has 0 saturated heterocycles. The van der Waals surface area contributed by atoms with Gasteiger partial charge in [-0.25, -0.2) is 14.6 Å². The molecule has 0 aliphatic heterocycles. The first-order chi connectivity index (χ1) is 8.09. The molecule has 2 aromatic heterocycles. The van der Waals surface area contributed by atoms with Gasteiger partial charge in [0.15, 0.2) is 11.5 Å². The number of hydrogen-bond donors (Lipinski definition) is 0. The van der Waals surface area contributed by atoms with Gasteiger partial charge in [0.2, 0.25) is 0 Å². The molecule has 0 fully saturated rings. The summed E-state index contributed by atoms with van der Waals surface area (Å²) in [6.07, 6.45) is 4.85. The molecule has 0 aliphatic rings. The second kappa shape index (κ2) is 4.78. The monoisotopic (exact) mass is 343 g/mol. The number of rotatable bonds is 2. The summed E-state index contributed by atoms with van der Waals surface area (Å²) < 4.78 is 2.44. The zero-order valence-corrected chi connectivity index (χ0v) is 11.5. The fourth-order valence-corrected chi connectivity index (χ4v) is 1.81. The smallest absolute Gasteiger partial charge is 0.273 e. The maximum absolute atomic E-state index is 11.7. The van der Waals surface area contributed by atoms with E-state index >= 15 is 0 Å². The van der Waals surface area contributed by atoms with E-state index in [9.17, 15) is 4.79 Å². The molecular formula is C10H10IN5O. The van der Waals surface area contributed by atoms with Gasteiger partial charge in [0.05, 0.1) is 3.57 Å². The molecule has 2 rings (SSSR count). The fraction of sp³-hybridized carbons (Fsp3) is 0.200. The van der Waals surface area contributed by atoms with E-state index in [1.54, 1.807) is 37.2 Å². The highest BCUT2D eigenvalue weighted by Gasteiger charge is 2.13. The van der Waals surface area contributed by atoms with Crippen LogP contribution in [0.25, 0.3) is 5.82 Å². The predicted molar refractivity (Wildman–Crippen MR) is 69.9 cm³/mol. The highest BCUT2D eigenvalue weighted by molar-refractivity contribution is 14.1. The lowest BCUT2D eigenvalue weighted by atomic mass is 10.4. The maximum atomic E-state index is 11.7. The lowest BCUT2D eigenvalue weighted by molar-refractivity contribution is 0.0821. The quantitative estimate of drug-likeness (QED) is 0.763. The van der Waals surface area contributed by atoms with E-state index in [0.29, 0.717) is 11.5 Å². The zero-order chi connectivity index (χ0) is 12.4. The minimum Gasteiger partial charge on any atom is -0.343 e. The highest BCUT2D eigenvalue weighted by Crippen LogP contribution is 2.12. The van der Waals surface area contributed by atoms with Crippen molar-refractivity contribution in [1.29, 1.82) is 0 Å². The molecule has 88 valence electrons. The molecule has 0 unspecified atom stereocenters. The van der Waals surface area contributed by atoms with Crippen LogP contribution in [0.2, 0.25) is 0 Å². The summed E-state index contributed by atoms with van der Waals surface area (Å²) in [7, 11) is 3.38. The second-order valence-electron chi connectivity index (χ2n) is 3.54. The molecule has 0 saturated carbocycles. The zero-order valence-electron chi connectivity index (χ0n) is 9.33. The van der Waals surface area contributed by atoms with Crippen LogP contribution in [0.3, 0.4) is 0 Å². The number of hydrogen-bond acceptors (Lipinski definition) is 4. The Kier molecular flexibility index (Phi) is 3.36. The number of amides is 1. The first-order valence-corrected chi connectivity index (χ1v) is 5.90. The van der Waals surface area contributed by atoms with Crippen LogP contribution in [0.4, 0.5) is 0 Å². The van der Waals surface area contributed by atoms with Crippen molar-refractivity contribution in [2.75, 3.05) is 14.1 Å². The van der Waals surface area contributed by atoms with Crippen LogP contribution in [-0.4, -0.2) is 44.7 Å². The lowest BCUT2D eigenvalue weighted by Gasteiger charge is -2.07. The molecule has 17 heavy (non-hydrogen) atoms. The summed E-state index contributed by atoms with van der Waals surface area (Å²) in [6, 6.07) is 1.67. The third kappa shape index (κ3) is 2.43. The van der Waals surface area contributed by atoms with Crippen molar-refractivity contribution < 1.29 is 4.79 Å². The highest BCUT2D eigenvalue weighted by atomic mass is 127. The molecule has 0 aliphatic carbocycles. The van der Waals surface area contributed by atoms with E-state index in [2.05, 4.69) is 37.7 Å². The van der Waals surface area contributed by atoms with Gasteiger partial charge < -0.3 is 4.90 Å². The van der Waals surface area contributed by atoms with E-state index in [4.69, 9.17) is 0 Å². The van der Waals surface area contributed by atoms with Gasteiger partial charge >= 0.3 is 0 Å². The molecule has 0 spiro atoms. The van der Waals surface area contributed by atoms with Crippen LogP contribution < -0.4 is 0 Å². The first-order valence-electron chi connectivity index (χ1n) is 4.83. The summed E-state index contributed by atoms with van der Waals surface area (Å²) in [4.78, 5) is 21.2. The molecule has 0 bridgehead atoms. The van der Waals surface area contributed by atoms with Gasteiger partial charge in [-0.3, -0.25) is 4.79 Å². The Hall–Kier alpha value is -1.51. The largest absolute Gasteiger partial charge is 0.343 e. The third-order valence-corrected chi connectivity index (χ3v) is 2.84. The van der Waals surface area contributed by atoms with Gasteiger partial charge in [-0.15, -0.1) is 0 Å². The summed E-state index contributed by atoms with van der Waals surface area (Å²) >= 11 is 2.12. The van der Waals surface area contributed by atoms with Crippen molar-refractivity contribution >= 4 is 28.5 Å². The SMILES string of the molecule is CN(C)C(=O)c1ccn(-c2ncncc2I)n1. The summed E-state index contributed by atoms with van der Waals surface area (Å²) in [5, 5.41) is 4.19. The number of carbonyl (C=O) groups is 1. The van der Waals surface area contributed by atoms with Crippen LogP contribution in [-0.2, 0) is 0 Å². The Morgan fingerprint density at radius 3 is 2.88 bits per heavy atom. The first kappa shape index (κ1) is 12.0. The van der Waals surface area contributed by atoms with Gasteiger partial charge in [-0.2, -0.15) is 5.10 Å². The number of halogens is 1. The maximum Gasteiger partial charge on any atom is 0.273 e. The van der Waals surface area contributed by atoms with Crippen molar-refractivity contribution in [3.8, 4) is 5.82 Å². The van der Waals surface area contributed by atoms with E-state index in [0.717, 1.165) is 3.57 Å². The second-order valence-corrected chi connectivity index (χ2v) is 4.70. The molecule has 2 aromatic rings. The van der Waals surface area contributed by atoms with E-state index in [1.165, 1.54) is 11.2 Å². The van der Waals surface area contributed by atoms with Crippen LogP contribution in [0.15, 0.2) is 24.8 Å². The lowest BCUT2D eigenvalue weighted by Crippen LogP contribution is -2.22. The van der Waals surface area contributed by atoms with Crippen molar-refractivity contribution in [2.45, 2.75) is 0 Å². The summed E-state index contributed by atoms with van der Waals surface area (Å²) in [6.45, 7) is 0. The fourth-order valence-electron chi connectivity index (χ4n) is 1.26. The Morgan fingerprint density at radius 1 is 1.47 bits per heavy atom. The number of carbonyl (C=O) groups excluding carboxylic acids is 1. The van der Waals surface area contributed by atoms with Crippen LogP contribution >= 0.6 is 22.6 Å². The van der Waals surface area contributed by atoms with Gasteiger partial charge in [-0.05, 0) is 28.7 Å². The summed E-state index contributed by atoms with van der Waals surface area (Å²) in [5.74, 6) is 0.534. The topological polar surface area (TPSA) is 63.9 Å². The molecule has 1 amide bonds. The van der Waals surface area contributed by atoms with Gasteiger partial charge in [0.1, 0.15) is 6.33 Å². The summed E-state index contributed by atoms with van der Waals surface area (Å²) in [5.41, 5.74) is 0.393. The molecule has 7 heteroatoms. The Labute approximate surface area is 112 Å².